The zero-order valence-electron chi connectivity index (χ0n) is 12.3. The Bertz CT molecular complexity index is 354. The Hall–Kier alpha value is -0.893. The summed E-state index contributed by atoms with van der Waals surface area (Å²) in [7, 11) is 1.31. The lowest BCUT2D eigenvalue weighted by Gasteiger charge is -2.09. The van der Waals surface area contributed by atoms with Crippen LogP contribution in [0.3, 0.4) is 0 Å². The van der Waals surface area contributed by atoms with E-state index in [4.69, 9.17) is 0 Å². The molecule has 0 heterocycles. The van der Waals surface area contributed by atoms with Crippen LogP contribution in [0.5, 0.6) is 0 Å². The number of hydrogen-bond acceptors (Lipinski definition) is 1. The van der Waals surface area contributed by atoms with Crippen molar-refractivity contribution in [1.82, 2.24) is 0 Å². The highest BCUT2D eigenvalue weighted by atomic mass is 28.1. The average Bonchev–Trinajstić information content (AvgIpc) is 2.35. The maximum Gasteiger partial charge on any atom is 0.0382 e. The van der Waals surface area contributed by atoms with Crippen LogP contribution < -0.4 is 0 Å². The first kappa shape index (κ1) is 15.2. The molecule has 0 radical (unpaired) electrons. The molecule has 1 rings (SSSR count). The van der Waals surface area contributed by atoms with Gasteiger partial charge in [0.25, 0.3) is 0 Å². The first-order valence-electron chi connectivity index (χ1n) is 7.22. The molecule has 0 fully saturated rings. The van der Waals surface area contributed by atoms with Gasteiger partial charge in [-0.05, 0) is 35.8 Å². The molecule has 18 heavy (non-hydrogen) atoms. The van der Waals surface area contributed by atoms with Crippen LogP contribution in [0.15, 0.2) is 29.3 Å². The van der Waals surface area contributed by atoms with E-state index in [1.165, 1.54) is 33.8 Å². The van der Waals surface area contributed by atoms with Gasteiger partial charge in [0.2, 0.25) is 0 Å². The van der Waals surface area contributed by atoms with Crippen molar-refractivity contribution in [2.24, 2.45) is 10.9 Å². The van der Waals surface area contributed by atoms with Gasteiger partial charge >= 0.3 is 0 Å². The molecule has 100 valence electrons. The Kier molecular flexibility index (Phi) is 6.95. The molecule has 0 saturated heterocycles. The van der Waals surface area contributed by atoms with Gasteiger partial charge in [0.1, 0.15) is 0 Å². The van der Waals surface area contributed by atoms with E-state index in [9.17, 15) is 0 Å². The normalized spacial score (nSPS) is 13.6. The first-order valence-corrected chi connectivity index (χ1v) is 8.63. The molecule has 0 N–H and O–H groups in total. The summed E-state index contributed by atoms with van der Waals surface area (Å²) in [4.78, 5) is 4.50. The first-order chi connectivity index (χ1) is 8.63. The molecule has 1 atom stereocenters. The minimum atomic E-state index is 0.545. The van der Waals surface area contributed by atoms with Crippen LogP contribution in [0.25, 0.3) is 0 Å². The summed E-state index contributed by atoms with van der Waals surface area (Å²) in [6.45, 7) is 7.74. The predicted molar refractivity (Wildman–Crippen MR) is 86.1 cm³/mol. The Labute approximate surface area is 115 Å². The van der Waals surface area contributed by atoms with Crippen molar-refractivity contribution in [3.63, 3.8) is 0 Å². The molecule has 0 aliphatic rings. The van der Waals surface area contributed by atoms with Gasteiger partial charge in [-0.25, -0.2) is 0 Å². The number of aliphatic imine (C=N–C) groups is 1. The minimum absolute atomic E-state index is 0.545. The van der Waals surface area contributed by atoms with E-state index in [1.54, 1.807) is 0 Å². The molecule has 0 aromatic heterocycles. The lowest BCUT2D eigenvalue weighted by Crippen LogP contribution is -2.02. The van der Waals surface area contributed by atoms with Crippen LogP contribution in [0.1, 0.15) is 44.2 Å². The molecule has 0 saturated carbocycles. The molecule has 2 heteroatoms. The van der Waals surface area contributed by atoms with Crippen molar-refractivity contribution in [3.8, 4) is 0 Å². The maximum absolute atomic E-state index is 4.50. The van der Waals surface area contributed by atoms with E-state index < -0.39 is 0 Å². The zero-order valence-corrected chi connectivity index (χ0v) is 14.3. The number of benzene rings is 1. The standard InChI is InChI=1S/C16H27NSi/c1-13(2)16-7-5-15(6-8-16)11-14(3)12-17-9-4-10-18/h5-8,12-14H,4,9-11H2,1-3,18H3. The van der Waals surface area contributed by atoms with Crippen molar-refractivity contribution in [3.05, 3.63) is 35.4 Å². The van der Waals surface area contributed by atoms with Gasteiger partial charge in [0, 0.05) is 23.0 Å². The molecular formula is C16H27NSi. The van der Waals surface area contributed by atoms with Crippen molar-refractivity contribution >= 4 is 16.5 Å². The fraction of sp³-hybridized carbons (Fsp3) is 0.562. The highest BCUT2D eigenvalue weighted by Crippen LogP contribution is 2.16. The van der Waals surface area contributed by atoms with Crippen molar-refractivity contribution in [2.45, 2.75) is 45.6 Å². The third-order valence-corrected chi connectivity index (χ3v) is 3.91. The maximum atomic E-state index is 4.50. The fourth-order valence-corrected chi connectivity index (χ4v) is 2.28. The summed E-state index contributed by atoms with van der Waals surface area (Å²) >= 11 is 0. The molecule has 0 spiro atoms. The summed E-state index contributed by atoms with van der Waals surface area (Å²) < 4.78 is 0. The van der Waals surface area contributed by atoms with Crippen LogP contribution in [-0.2, 0) is 6.42 Å². The van der Waals surface area contributed by atoms with E-state index in [-0.39, 0.29) is 0 Å². The van der Waals surface area contributed by atoms with Crippen molar-refractivity contribution in [2.75, 3.05) is 6.54 Å². The molecule has 0 aliphatic carbocycles. The predicted octanol–water partition coefficient (Wildman–Crippen LogP) is 3.23. The lowest BCUT2D eigenvalue weighted by molar-refractivity contribution is 0.772. The zero-order chi connectivity index (χ0) is 13.4. The third kappa shape index (κ3) is 5.63. The van der Waals surface area contributed by atoms with Crippen LogP contribution in [0.4, 0.5) is 0 Å². The quantitative estimate of drug-likeness (QED) is 0.406. The van der Waals surface area contributed by atoms with Crippen LogP contribution in [-0.4, -0.2) is 23.0 Å². The Morgan fingerprint density at radius 3 is 2.39 bits per heavy atom. The summed E-state index contributed by atoms with van der Waals surface area (Å²) in [5, 5.41) is 0. The number of rotatable bonds is 7. The van der Waals surface area contributed by atoms with Crippen LogP contribution in [0, 0.1) is 5.92 Å². The topological polar surface area (TPSA) is 12.4 Å². The van der Waals surface area contributed by atoms with Gasteiger partial charge < -0.3 is 0 Å². The molecule has 1 unspecified atom stereocenters. The Morgan fingerprint density at radius 1 is 1.17 bits per heavy atom. The molecule has 1 aromatic carbocycles. The smallest absolute Gasteiger partial charge is 0.0382 e. The SMILES string of the molecule is CC(C=NCCC[SiH3])Cc1ccc(C(C)C)cc1. The van der Waals surface area contributed by atoms with Crippen molar-refractivity contribution < 1.29 is 0 Å². The highest BCUT2D eigenvalue weighted by molar-refractivity contribution is 6.08. The van der Waals surface area contributed by atoms with Gasteiger partial charge in [0.15, 0.2) is 0 Å². The number of hydrogen-bond donors (Lipinski definition) is 0. The second kappa shape index (κ2) is 8.25. The molecule has 1 nitrogen and oxygen atoms in total. The largest absolute Gasteiger partial charge is 0.297 e. The monoisotopic (exact) mass is 261 g/mol. The minimum Gasteiger partial charge on any atom is -0.297 e. The van der Waals surface area contributed by atoms with E-state index in [2.05, 4.69) is 56.2 Å². The molecule has 1 aromatic rings. The molecule has 0 aliphatic heterocycles. The third-order valence-electron chi connectivity index (χ3n) is 3.20. The van der Waals surface area contributed by atoms with Gasteiger partial charge in [-0.15, -0.1) is 0 Å². The van der Waals surface area contributed by atoms with Gasteiger partial charge in [-0.3, -0.25) is 4.99 Å². The Morgan fingerprint density at radius 2 is 1.83 bits per heavy atom. The molecule has 0 bridgehead atoms. The second-order valence-electron chi connectivity index (χ2n) is 5.49. The van der Waals surface area contributed by atoms with Gasteiger partial charge in [0.05, 0.1) is 0 Å². The highest BCUT2D eigenvalue weighted by Gasteiger charge is 2.02. The summed E-state index contributed by atoms with van der Waals surface area (Å²) in [5.41, 5.74) is 2.84. The summed E-state index contributed by atoms with van der Waals surface area (Å²) in [6, 6.07) is 10.4. The summed E-state index contributed by atoms with van der Waals surface area (Å²) in [6.07, 6.45) is 4.49. The van der Waals surface area contributed by atoms with Crippen LogP contribution in [0.2, 0.25) is 6.04 Å². The van der Waals surface area contributed by atoms with E-state index >= 15 is 0 Å². The van der Waals surface area contributed by atoms with Gasteiger partial charge in [-0.1, -0.05) is 51.1 Å². The molecular weight excluding hydrogens is 234 g/mol. The van der Waals surface area contributed by atoms with Crippen molar-refractivity contribution in [1.29, 1.82) is 0 Å². The van der Waals surface area contributed by atoms with Gasteiger partial charge in [-0.2, -0.15) is 0 Å². The lowest BCUT2D eigenvalue weighted by atomic mass is 9.97. The second-order valence-corrected chi connectivity index (χ2v) is 6.49. The summed E-state index contributed by atoms with van der Waals surface area (Å²) in [5.74, 6) is 1.17. The molecule has 0 amide bonds. The van der Waals surface area contributed by atoms with E-state index in [0.717, 1.165) is 13.0 Å². The van der Waals surface area contributed by atoms with Crippen LogP contribution >= 0.6 is 0 Å². The van der Waals surface area contributed by atoms with E-state index in [0.29, 0.717) is 11.8 Å². The number of nitrogens with zero attached hydrogens (tertiary/aromatic N) is 1. The average molecular weight is 261 g/mol. The van der Waals surface area contributed by atoms with E-state index in [1.807, 2.05) is 0 Å². The fourth-order valence-electron chi connectivity index (χ4n) is 1.97. The Balaban J connectivity index is 2.44.